The quantitative estimate of drug-likeness (QED) is 0.626. The SMILES string of the molecule is CCC1CCC(c2ccc(Cc3ccc(F)c(F)c3)cc2)CC1. The molecule has 23 heavy (non-hydrogen) atoms. The zero-order valence-corrected chi connectivity index (χ0v) is 13.7. The van der Waals surface area contributed by atoms with Gasteiger partial charge >= 0.3 is 0 Å². The van der Waals surface area contributed by atoms with E-state index in [0.717, 1.165) is 17.0 Å². The van der Waals surface area contributed by atoms with Gasteiger partial charge in [-0.1, -0.05) is 43.7 Å². The van der Waals surface area contributed by atoms with E-state index >= 15 is 0 Å². The molecule has 0 nitrogen and oxygen atoms in total. The van der Waals surface area contributed by atoms with E-state index in [9.17, 15) is 8.78 Å². The van der Waals surface area contributed by atoms with Crippen molar-refractivity contribution in [3.8, 4) is 0 Å². The first-order valence-corrected chi connectivity index (χ1v) is 8.68. The van der Waals surface area contributed by atoms with Crippen LogP contribution in [-0.2, 0) is 6.42 Å². The molecule has 0 atom stereocenters. The second kappa shape index (κ2) is 7.25. The van der Waals surface area contributed by atoms with Crippen LogP contribution in [0.15, 0.2) is 42.5 Å². The fourth-order valence-electron chi connectivity index (χ4n) is 3.70. The summed E-state index contributed by atoms with van der Waals surface area (Å²) in [5.74, 6) is 0.0487. The average molecular weight is 314 g/mol. The summed E-state index contributed by atoms with van der Waals surface area (Å²) in [4.78, 5) is 0. The van der Waals surface area contributed by atoms with Crippen molar-refractivity contribution < 1.29 is 8.78 Å². The standard InChI is InChI=1S/C21H24F2/c1-2-15-3-8-18(9-4-15)19-10-5-16(6-11-19)13-17-7-12-20(22)21(23)14-17/h5-7,10-12,14-15,18H,2-4,8-9,13H2,1H3. The van der Waals surface area contributed by atoms with Gasteiger partial charge in [0.2, 0.25) is 0 Å². The second-order valence-electron chi connectivity index (χ2n) is 6.79. The molecule has 1 aliphatic rings. The molecule has 122 valence electrons. The van der Waals surface area contributed by atoms with Gasteiger partial charge in [0.15, 0.2) is 11.6 Å². The van der Waals surface area contributed by atoms with Gasteiger partial charge in [-0.2, -0.15) is 0 Å². The van der Waals surface area contributed by atoms with Gasteiger partial charge in [0.05, 0.1) is 0 Å². The zero-order chi connectivity index (χ0) is 16.2. The lowest BCUT2D eigenvalue weighted by Gasteiger charge is -2.28. The van der Waals surface area contributed by atoms with Gasteiger partial charge in [0.25, 0.3) is 0 Å². The molecule has 3 rings (SSSR count). The number of halogens is 2. The summed E-state index contributed by atoms with van der Waals surface area (Å²) in [6.45, 7) is 2.29. The summed E-state index contributed by atoms with van der Waals surface area (Å²) in [6, 6.07) is 12.8. The minimum atomic E-state index is -0.785. The lowest BCUT2D eigenvalue weighted by Crippen LogP contribution is -2.12. The van der Waals surface area contributed by atoms with Crippen LogP contribution in [0.3, 0.4) is 0 Å². The summed E-state index contributed by atoms with van der Waals surface area (Å²) >= 11 is 0. The van der Waals surface area contributed by atoms with Crippen LogP contribution < -0.4 is 0 Å². The van der Waals surface area contributed by atoms with E-state index in [1.165, 1.54) is 49.8 Å². The normalized spacial score (nSPS) is 21.3. The highest BCUT2D eigenvalue weighted by atomic mass is 19.2. The molecule has 0 spiro atoms. The highest BCUT2D eigenvalue weighted by Gasteiger charge is 2.21. The third kappa shape index (κ3) is 3.99. The zero-order valence-electron chi connectivity index (χ0n) is 13.7. The Balaban J connectivity index is 1.64. The Morgan fingerprint density at radius 2 is 1.48 bits per heavy atom. The molecule has 1 fully saturated rings. The molecule has 2 aromatic rings. The summed E-state index contributed by atoms with van der Waals surface area (Å²) in [5, 5.41) is 0. The largest absolute Gasteiger partial charge is 0.204 e. The van der Waals surface area contributed by atoms with E-state index in [1.54, 1.807) is 6.07 Å². The lowest BCUT2D eigenvalue weighted by molar-refractivity contribution is 0.319. The maximum atomic E-state index is 13.3. The Morgan fingerprint density at radius 1 is 0.826 bits per heavy atom. The first-order valence-electron chi connectivity index (χ1n) is 8.68. The van der Waals surface area contributed by atoms with Crippen LogP contribution in [0.2, 0.25) is 0 Å². The van der Waals surface area contributed by atoms with Gasteiger partial charge in [-0.3, -0.25) is 0 Å². The number of hydrogen-bond acceptors (Lipinski definition) is 0. The van der Waals surface area contributed by atoms with Gasteiger partial charge in [-0.15, -0.1) is 0 Å². The van der Waals surface area contributed by atoms with Crippen LogP contribution in [0.4, 0.5) is 8.78 Å². The van der Waals surface area contributed by atoms with Crippen molar-refractivity contribution in [2.75, 3.05) is 0 Å². The molecular weight excluding hydrogens is 290 g/mol. The Bertz CT molecular complexity index is 637. The van der Waals surface area contributed by atoms with Crippen molar-refractivity contribution in [3.63, 3.8) is 0 Å². The fraction of sp³-hybridized carbons (Fsp3) is 0.429. The fourth-order valence-corrected chi connectivity index (χ4v) is 3.70. The number of benzene rings is 2. The predicted molar refractivity (Wildman–Crippen MR) is 90.6 cm³/mol. The molecule has 2 aromatic carbocycles. The van der Waals surface area contributed by atoms with Crippen LogP contribution in [0.25, 0.3) is 0 Å². The molecule has 0 radical (unpaired) electrons. The summed E-state index contributed by atoms with van der Waals surface area (Å²) in [7, 11) is 0. The minimum absolute atomic E-state index is 0.639. The topological polar surface area (TPSA) is 0 Å². The molecule has 0 heterocycles. The van der Waals surface area contributed by atoms with Gasteiger partial charge in [0.1, 0.15) is 0 Å². The molecule has 0 aromatic heterocycles. The van der Waals surface area contributed by atoms with Crippen LogP contribution in [0.1, 0.15) is 61.6 Å². The third-order valence-electron chi connectivity index (χ3n) is 5.27. The van der Waals surface area contributed by atoms with Crippen LogP contribution in [0, 0.1) is 17.6 Å². The van der Waals surface area contributed by atoms with Crippen LogP contribution in [0.5, 0.6) is 0 Å². The molecule has 0 saturated heterocycles. The minimum Gasteiger partial charge on any atom is -0.204 e. The maximum absolute atomic E-state index is 13.3. The molecule has 2 heteroatoms. The summed E-state index contributed by atoms with van der Waals surface area (Å²) in [6.07, 6.45) is 7.22. The van der Waals surface area contributed by atoms with E-state index in [1.807, 2.05) is 0 Å². The predicted octanol–water partition coefficient (Wildman–Crippen LogP) is 6.24. The van der Waals surface area contributed by atoms with Crippen molar-refractivity contribution in [1.29, 1.82) is 0 Å². The molecule has 0 aliphatic heterocycles. The third-order valence-corrected chi connectivity index (χ3v) is 5.27. The van der Waals surface area contributed by atoms with Crippen molar-refractivity contribution in [3.05, 3.63) is 70.8 Å². The first-order chi connectivity index (χ1) is 11.2. The Morgan fingerprint density at radius 3 is 2.09 bits per heavy atom. The average Bonchev–Trinajstić information content (AvgIpc) is 2.59. The molecule has 1 saturated carbocycles. The van der Waals surface area contributed by atoms with Crippen molar-refractivity contribution >= 4 is 0 Å². The molecule has 0 bridgehead atoms. The van der Waals surface area contributed by atoms with Crippen molar-refractivity contribution in [2.24, 2.45) is 5.92 Å². The monoisotopic (exact) mass is 314 g/mol. The Hall–Kier alpha value is -1.70. The smallest absolute Gasteiger partial charge is 0.159 e. The number of hydrogen-bond donors (Lipinski definition) is 0. The van der Waals surface area contributed by atoms with Gasteiger partial charge in [-0.05, 0) is 72.8 Å². The highest BCUT2D eigenvalue weighted by Crippen LogP contribution is 2.36. The van der Waals surface area contributed by atoms with Gasteiger partial charge in [0, 0.05) is 0 Å². The molecule has 1 aliphatic carbocycles. The van der Waals surface area contributed by atoms with E-state index in [2.05, 4.69) is 31.2 Å². The summed E-state index contributed by atoms with van der Waals surface area (Å²) in [5.41, 5.74) is 3.37. The van der Waals surface area contributed by atoms with E-state index in [0.29, 0.717) is 12.3 Å². The van der Waals surface area contributed by atoms with Gasteiger partial charge < -0.3 is 0 Å². The van der Waals surface area contributed by atoms with Gasteiger partial charge in [-0.25, -0.2) is 8.78 Å². The van der Waals surface area contributed by atoms with E-state index in [4.69, 9.17) is 0 Å². The van der Waals surface area contributed by atoms with E-state index < -0.39 is 11.6 Å². The van der Waals surface area contributed by atoms with Crippen LogP contribution in [-0.4, -0.2) is 0 Å². The summed E-state index contributed by atoms with van der Waals surface area (Å²) < 4.78 is 26.2. The second-order valence-corrected chi connectivity index (χ2v) is 6.79. The van der Waals surface area contributed by atoms with E-state index in [-0.39, 0.29) is 0 Å². The highest BCUT2D eigenvalue weighted by molar-refractivity contribution is 5.30. The number of rotatable bonds is 4. The van der Waals surface area contributed by atoms with Crippen molar-refractivity contribution in [1.82, 2.24) is 0 Å². The lowest BCUT2D eigenvalue weighted by atomic mass is 9.78. The molecule has 0 N–H and O–H groups in total. The van der Waals surface area contributed by atoms with Crippen molar-refractivity contribution in [2.45, 2.75) is 51.4 Å². The maximum Gasteiger partial charge on any atom is 0.159 e. The van der Waals surface area contributed by atoms with Crippen LogP contribution >= 0.6 is 0 Å². The molecular formula is C21H24F2. The first kappa shape index (κ1) is 16.2. The molecule has 0 unspecified atom stereocenters. The molecule has 0 amide bonds. The Kier molecular flexibility index (Phi) is 5.09. The Labute approximate surface area is 137 Å².